The Bertz CT molecular complexity index is 346. The summed E-state index contributed by atoms with van der Waals surface area (Å²) in [5.41, 5.74) is 1.11. The molecule has 0 spiro atoms. The van der Waals surface area contributed by atoms with E-state index in [0.717, 1.165) is 43.7 Å². The third-order valence-electron chi connectivity index (χ3n) is 3.48. The van der Waals surface area contributed by atoms with Gasteiger partial charge in [0.15, 0.2) is 0 Å². The van der Waals surface area contributed by atoms with Gasteiger partial charge in [-0.05, 0) is 43.7 Å². The summed E-state index contributed by atoms with van der Waals surface area (Å²) in [6.07, 6.45) is 4.08. The normalized spacial score (nSPS) is 24.4. The number of anilines is 1. The van der Waals surface area contributed by atoms with Crippen molar-refractivity contribution in [3.63, 3.8) is 0 Å². The van der Waals surface area contributed by atoms with Crippen molar-refractivity contribution in [1.82, 2.24) is 0 Å². The number of rotatable bonds is 4. The summed E-state index contributed by atoms with van der Waals surface area (Å²) < 4.78 is 5.19. The topological polar surface area (TPSA) is 41.5 Å². The van der Waals surface area contributed by atoms with Crippen molar-refractivity contribution in [2.45, 2.75) is 31.8 Å². The monoisotopic (exact) mass is 235 g/mol. The van der Waals surface area contributed by atoms with E-state index in [1.165, 1.54) is 0 Å². The summed E-state index contributed by atoms with van der Waals surface area (Å²) in [5, 5.41) is 12.9. The largest absolute Gasteiger partial charge is 0.497 e. The van der Waals surface area contributed by atoms with E-state index in [2.05, 4.69) is 11.4 Å². The molecule has 0 atom stereocenters. The van der Waals surface area contributed by atoms with Crippen molar-refractivity contribution in [3.8, 4) is 5.75 Å². The lowest BCUT2D eigenvalue weighted by Gasteiger charge is -2.25. The number of aliphatic hydroxyl groups excluding tert-OH is 1. The number of ether oxygens (including phenoxy) is 1. The van der Waals surface area contributed by atoms with E-state index in [4.69, 9.17) is 4.74 Å². The molecule has 17 heavy (non-hydrogen) atoms. The summed E-state index contributed by atoms with van der Waals surface area (Å²) >= 11 is 0. The van der Waals surface area contributed by atoms with Gasteiger partial charge in [-0.1, -0.05) is 6.07 Å². The minimum atomic E-state index is -0.0666. The second-order valence-corrected chi connectivity index (χ2v) is 4.79. The lowest BCUT2D eigenvalue weighted by molar-refractivity contribution is 0.111. The average Bonchev–Trinajstić information content (AvgIpc) is 2.38. The van der Waals surface area contributed by atoms with Gasteiger partial charge in [0, 0.05) is 18.3 Å². The summed E-state index contributed by atoms with van der Waals surface area (Å²) in [7, 11) is 1.68. The summed E-state index contributed by atoms with van der Waals surface area (Å²) in [6.45, 7) is 0.986. The number of aliphatic hydroxyl groups is 1. The molecule has 2 rings (SSSR count). The Hall–Kier alpha value is -1.22. The Morgan fingerprint density at radius 3 is 2.76 bits per heavy atom. The highest BCUT2D eigenvalue weighted by molar-refractivity contribution is 5.48. The highest BCUT2D eigenvalue weighted by atomic mass is 16.5. The van der Waals surface area contributed by atoms with Crippen LogP contribution in [0.2, 0.25) is 0 Å². The van der Waals surface area contributed by atoms with Crippen LogP contribution >= 0.6 is 0 Å². The highest BCUT2D eigenvalue weighted by Crippen LogP contribution is 2.25. The number of benzene rings is 1. The Morgan fingerprint density at radius 1 is 1.29 bits per heavy atom. The molecule has 3 heteroatoms. The van der Waals surface area contributed by atoms with Gasteiger partial charge in [-0.25, -0.2) is 0 Å². The molecule has 2 N–H and O–H groups in total. The fraction of sp³-hybridized carbons (Fsp3) is 0.571. The first-order valence-corrected chi connectivity index (χ1v) is 6.34. The number of hydrogen-bond donors (Lipinski definition) is 2. The Kier molecular flexibility index (Phi) is 4.26. The van der Waals surface area contributed by atoms with Crippen molar-refractivity contribution < 1.29 is 9.84 Å². The van der Waals surface area contributed by atoms with Gasteiger partial charge in [0.25, 0.3) is 0 Å². The zero-order valence-electron chi connectivity index (χ0n) is 10.4. The van der Waals surface area contributed by atoms with Gasteiger partial charge in [0.1, 0.15) is 5.75 Å². The molecule has 1 aromatic rings. The van der Waals surface area contributed by atoms with E-state index in [0.29, 0.717) is 5.92 Å². The molecule has 0 aliphatic heterocycles. The zero-order valence-corrected chi connectivity index (χ0v) is 10.4. The molecule has 0 amide bonds. The van der Waals surface area contributed by atoms with Crippen LogP contribution in [0.4, 0.5) is 5.69 Å². The predicted octanol–water partition coefficient (Wildman–Crippen LogP) is 2.66. The second kappa shape index (κ2) is 5.92. The van der Waals surface area contributed by atoms with Crippen LogP contribution in [0.15, 0.2) is 24.3 Å². The van der Waals surface area contributed by atoms with E-state index in [9.17, 15) is 5.11 Å². The third-order valence-corrected chi connectivity index (χ3v) is 3.48. The summed E-state index contributed by atoms with van der Waals surface area (Å²) in [5.74, 6) is 1.57. The lowest BCUT2D eigenvalue weighted by Crippen LogP contribution is -2.23. The molecule has 1 fully saturated rings. The van der Waals surface area contributed by atoms with E-state index in [-0.39, 0.29) is 6.10 Å². The first-order chi connectivity index (χ1) is 8.28. The number of hydrogen-bond acceptors (Lipinski definition) is 3. The van der Waals surface area contributed by atoms with E-state index in [1.807, 2.05) is 18.2 Å². The van der Waals surface area contributed by atoms with Crippen LogP contribution < -0.4 is 10.1 Å². The first kappa shape index (κ1) is 12.2. The van der Waals surface area contributed by atoms with Crippen molar-refractivity contribution in [2.24, 2.45) is 5.92 Å². The average molecular weight is 235 g/mol. The molecule has 1 aromatic carbocycles. The van der Waals surface area contributed by atoms with E-state index < -0.39 is 0 Å². The molecule has 0 aromatic heterocycles. The fourth-order valence-corrected chi connectivity index (χ4v) is 2.34. The zero-order chi connectivity index (χ0) is 12.1. The minimum Gasteiger partial charge on any atom is -0.497 e. The summed E-state index contributed by atoms with van der Waals surface area (Å²) in [6, 6.07) is 8.01. The van der Waals surface area contributed by atoms with Crippen molar-refractivity contribution in [3.05, 3.63) is 24.3 Å². The maximum Gasteiger partial charge on any atom is 0.120 e. The predicted molar refractivity (Wildman–Crippen MR) is 69.4 cm³/mol. The first-order valence-electron chi connectivity index (χ1n) is 6.34. The summed E-state index contributed by atoms with van der Waals surface area (Å²) in [4.78, 5) is 0. The van der Waals surface area contributed by atoms with Gasteiger partial charge >= 0.3 is 0 Å². The molecule has 1 aliphatic carbocycles. The van der Waals surface area contributed by atoms with Crippen LogP contribution in [0.3, 0.4) is 0 Å². The molecule has 94 valence electrons. The van der Waals surface area contributed by atoms with Crippen LogP contribution in [0.25, 0.3) is 0 Å². The molecule has 0 heterocycles. The van der Waals surface area contributed by atoms with Crippen molar-refractivity contribution >= 4 is 5.69 Å². The van der Waals surface area contributed by atoms with Gasteiger partial charge in [-0.15, -0.1) is 0 Å². The van der Waals surface area contributed by atoms with Gasteiger partial charge in [0.05, 0.1) is 13.2 Å². The molecular formula is C14H21NO2. The Morgan fingerprint density at radius 2 is 2.06 bits per heavy atom. The van der Waals surface area contributed by atoms with Crippen LogP contribution in [0, 0.1) is 5.92 Å². The van der Waals surface area contributed by atoms with Crippen LogP contribution in [0.5, 0.6) is 5.75 Å². The Labute approximate surface area is 103 Å². The van der Waals surface area contributed by atoms with Crippen LogP contribution in [-0.2, 0) is 0 Å². The van der Waals surface area contributed by atoms with Gasteiger partial charge in [0.2, 0.25) is 0 Å². The molecule has 0 unspecified atom stereocenters. The Balaban J connectivity index is 1.81. The van der Waals surface area contributed by atoms with Gasteiger partial charge in [-0.2, -0.15) is 0 Å². The fourth-order valence-electron chi connectivity index (χ4n) is 2.34. The quantitative estimate of drug-likeness (QED) is 0.843. The molecule has 0 bridgehead atoms. The van der Waals surface area contributed by atoms with Gasteiger partial charge < -0.3 is 15.2 Å². The lowest BCUT2D eigenvalue weighted by atomic mass is 9.87. The molecule has 3 nitrogen and oxygen atoms in total. The van der Waals surface area contributed by atoms with E-state index in [1.54, 1.807) is 7.11 Å². The smallest absolute Gasteiger partial charge is 0.120 e. The third kappa shape index (κ3) is 3.63. The maximum absolute atomic E-state index is 9.44. The van der Waals surface area contributed by atoms with Crippen LogP contribution in [0.1, 0.15) is 25.7 Å². The molecule has 0 radical (unpaired) electrons. The molecule has 1 saturated carbocycles. The number of nitrogens with one attached hydrogen (secondary N) is 1. The van der Waals surface area contributed by atoms with Crippen molar-refractivity contribution in [2.75, 3.05) is 19.0 Å². The second-order valence-electron chi connectivity index (χ2n) is 4.79. The standard InChI is InChI=1S/C14H21NO2/c1-17-14-4-2-3-12(9-14)15-10-11-5-7-13(16)8-6-11/h2-4,9,11,13,15-16H,5-8,10H2,1H3. The number of methoxy groups -OCH3 is 1. The molecular weight excluding hydrogens is 214 g/mol. The maximum atomic E-state index is 9.44. The van der Waals surface area contributed by atoms with Crippen LogP contribution in [-0.4, -0.2) is 24.9 Å². The highest BCUT2D eigenvalue weighted by Gasteiger charge is 2.18. The van der Waals surface area contributed by atoms with Crippen molar-refractivity contribution in [1.29, 1.82) is 0 Å². The SMILES string of the molecule is COc1cccc(NCC2CCC(O)CC2)c1. The van der Waals surface area contributed by atoms with E-state index >= 15 is 0 Å². The molecule has 1 aliphatic rings. The molecule has 0 saturated heterocycles. The van der Waals surface area contributed by atoms with Gasteiger partial charge in [-0.3, -0.25) is 0 Å². The minimum absolute atomic E-state index is 0.0666.